The topological polar surface area (TPSA) is 50.1 Å². The third-order valence-electron chi connectivity index (χ3n) is 2.47. The van der Waals surface area contributed by atoms with Gasteiger partial charge in [0, 0.05) is 5.54 Å². The number of hydrogen-bond acceptors (Lipinski definition) is 3. The minimum absolute atomic E-state index is 0.323. The molecule has 60 valence electrons. The van der Waals surface area contributed by atoms with Crippen molar-refractivity contribution in [2.45, 2.75) is 38.6 Å². The van der Waals surface area contributed by atoms with Crippen molar-refractivity contribution in [3.63, 3.8) is 0 Å². The number of nitrogens with one attached hydrogen (secondary N) is 2. The summed E-state index contributed by atoms with van der Waals surface area (Å²) in [4.78, 5) is 0. The summed E-state index contributed by atoms with van der Waals surface area (Å²) in [6.07, 6.45) is 3.70. The molecule has 2 atom stereocenters. The minimum atomic E-state index is 0.323. The Hall–Kier alpha value is -0.120. The van der Waals surface area contributed by atoms with Crippen molar-refractivity contribution in [1.82, 2.24) is 11.0 Å². The molecule has 1 saturated carbocycles. The molecule has 1 rings (SSSR count). The Kier molecular flexibility index (Phi) is 2.28. The molecule has 1 fully saturated rings. The van der Waals surface area contributed by atoms with Gasteiger partial charge in [0.25, 0.3) is 0 Å². The third kappa shape index (κ3) is 1.31. The largest absolute Gasteiger partial charge is 0.258 e. The number of hydrazine groups is 2. The van der Waals surface area contributed by atoms with Crippen molar-refractivity contribution in [1.29, 1.82) is 0 Å². The van der Waals surface area contributed by atoms with E-state index in [4.69, 9.17) is 5.84 Å². The van der Waals surface area contributed by atoms with Gasteiger partial charge in [0.1, 0.15) is 0 Å². The van der Waals surface area contributed by atoms with Crippen molar-refractivity contribution in [3.05, 3.63) is 0 Å². The summed E-state index contributed by atoms with van der Waals surface area (Å²) in [5.41, 5.74) is 5.97. The fourth-order valence-electron chi connectivity index (χ4n) is 1.66. The van der Waals surface area contributed by atoms with E-state index in [1.54, 1.807) is 0 Å². The predicted molar refractivity (Wildman–Crippen MR) is 41.9 cm³/mol. The first-order valence-electron chi connectivity index (χ1n) is 3.98. The molecule has 10 heavy (non-hydrogen) atoms. The van der Waals surface area contributed by atoms with Crippen molar-refractivity contribution < 1.29 is 0 Å². The van der Waals surface area contributed by atoms with Crippen LogP contribution in [-0.4, -0.2) is 5.54 Å². The van der Waals surface area contributed by atoms with E-state index >= 15 is 0 Å². The SMILES string of the molecule is CCCC1(NNN)CC1C. The van der Waals surface area contributed by atoms with Gasteiger partial charge in [-0.25, -0.2) is 5.43 Å². The molecule has 4 N–H and O–H groups in total. The van der Waals surface area contributed by atoms with Crippen LogP contribution in [0.1, 0.15) is 33.1 Å². The molecule has 0 heterocycles. The summed E-state index contributed by atoms with van der Waals surface area (Å²) in [6.45, 7) is 4.45. The zero-order valence-corrected chi connectivity index (χ0v) is 6.78. The Morgan fingerprint density at radius 3 is 2.60 bits per heavy atom. The van der Waals surface area contributed by atoms with Crippen LogP contribution in [0.4, 0.5) is 0 Å². The molecule has 0 aromatic rings. The lowest BCUT2D eigenvalue weighted by atomic mass is 10.1. The molecule has 0 saturated heterocycles. The summed E-state index contributed by atoms with van der Waals surface area (Å²) >= 11 is 0. The second-order valence-corrected chi connectivity index (χ2v) is 3.28. The normalized spacial score (nSPS) is 38.1. The van der Waals surface area contributed by atoms with Crippen LogP contribution in [0.5, 0.6) is 0 Å². The van der Waals surface area contributed by atoms with Gasteiger partial charge >= 0.3 is 0 Å². The van der Waals surface area contributed by atoms with Crippen molar-refractivity contribution >= 4 is 0 Å². The summed E-state index contributed by atoms with van der Waals surface area (Å²) in [7, 11) is 0. The second kappa shape index (κ2) is 2.86. The maximum Gasteiger partial charge on any atom is 0.0366 e. The molecule has 0 radical (unpaired) electrons. The van der Waals surface area contributed by atoms with Crippen LogP contribution >= 0.6 is 0 Å². The zero-order valence-electron chi connectivity index (χ0n) is 6.78. The highest BCUT2D eigenvalue weighted by Crippen LogP contribution is 2.45. The maximum absolute atomic E-state index is 5.19. The minimum Gasteiger partial charge on any atom is -0.258 e. The highest BCUT2D eigenvalue weighted by molar-refractivity contribution is 5.06. The third-order valence-corrected chi connectivity index (χ3v) is 2.47. The Morgan fingerprint density at radius 1 is 1.70 bits per heavy atom. The van der Waals surface area contributed by atoms with Gasteiger partial charge in [-0.05, 0) is 18.8 Å². The molecule has 3 heteroatoms. The lowest BCUT2D eigenvalue weighted by Crippen LogP contribution is -2.47. The molecule has 0 aromatic heterocycles. The van der Waals surface area contributed by atoms with E-state index < -0.39 is 0 Å². The molecule has 0 aliphatic heterocycles. The summed E-state index contributed by atoms with van der Waals surface area (Å²) in [6, 6.07) is 0. The molecule has 0 bridgehead atoms. The molecule has 3 nitrogen and oxygen atoms in total. The van der Waals surface area contributed by atoms with Crippen molar-refractivity contribution in [3.8, 4) is 0 Å². The number of rotatable bonds is 4. The van der Waals surface area contributed by atoms with Crippen LogP contribution in [0, 0.1) is 5.92 Å². The van der Waals surface area contributed by atoms with E-state index in [-0.39, 0.29) is 0 Å². The van der Waals surface area contributed by atoms with Crippen LogP contribution in [0.25, 0.3) is 0 Å². The Morgan fingerprint density at radius 2 is 2.30 bits per heavy atom. The molecule has 1 aliphatic rings. The van der Waals surface area contributed by atoms with Gasteiger partial charge < -0.3 is 0 Å². The van der Waals surface area contributed by atoms with Gasteiger partial charge in [0.15, 0.2) is 0 Å². The quantitative estimate of drug-likeness (QED) is 0.397. The van der Waals surface area contributed by atoms with E-state index in [1.165, 1.54) is 19.3 Å². The first kappa shape index (κ1) is 7.98. The van der Waals surface area contributed by atoms with Gasteiger partial charge in [0.05, 0.1) is 0 Å². The van der Waals surface area contributed by atoms with Gasteiger partial charge in [-0.15, -0.1) is 0 Å². The van der Waals surface area contributed by atoms with Gasteiger partial charge in [-0.3, -0.25) is 5.84 Å². The zero-order chi connectivity index (χ0) is 7.61. The molecule has 1 aliphatic carbocycles. The lowest BCUT2D eigenvalue weighted by Gasteiger charge is -2.15. The monoisotopic (exact) mass is 143 g/mol. The maximum atomic E-state index is 5.19. The lowest BCUT2D eigenvalue weighted by molar-refractivity contribution is 0.373. The first-order chi connectivity index (χ1) is 4.75. The van der Waals surface area contributed by atoms with E-state index in [1.807, 2.05) is 0 Å². The van der Waals surface area contributed by atoms with Crippen LogP contribution in [0.15, 0.2) is 0 Å². The van der Waals surface area contributed by atoms with Crippen LogP contribution < -0.4 is 16.8 Å². The van der Waals surface area contributed by atoms with Gasteiger partial charge in [0.2, 0.25) is 0 Å². The van der Waals surface area contributed by atoms with E-state index in [2.05, 4.69) is 24.8 Å². The number of nitrogens with two attached hydrogens (primary N) is 1. The van der Waals surface area contributed by atoms with E-state index in [9.17, 15) is 0 Å². The smallest absolute Gasteiger partial charge is 0.0366 e. The molecule has 0 amide bonds. The highest BCUT2D eigenvalue weighted by atomic mass is 15.5. The van der Waals surface area contributed by atoms with Crippen molar-refractivity contribution in [2.24, 2.45) is 11.8 Å². The summed E-state index contributed by atoms with van der Waals surface area (Å²) in [5.74, 6) is 5.97. The Bertz CT molecular complexity index is 107. The summed E-state index contributed by atoms with van der Waals surface area (Å²) in [5, 5.41) is 0. The first-order valence-corrected chi connectivity index (χ1v) is 3.98. The molecular weight excluding hydrogens is 126 g/mol. The standard InChI is InChI=1S/C7H17N3/c1-3-4-7(9-10-8)5-6(7)2/h6,9-10H,3-5,8H2,1-2H3. The number of hydrogen-bond donors (Lipinski definition) is 3. The average Bonchev–Trinajstić information content (AvgIpc) is 2.44. The molecular formula is C7H17N3. The summed E-state index contributed by atoms with van der Waals surface area (Å²) < 4.78 is 0. The predicted octanol–water partition coefficient (Wildman–Crippen LogP) is 0.533. The Labute approximate surface area is 62.3 Å². The van der Waals surface area contributed by atoms with Crippen LogP contribution in [0.3, 0.4) is 0 Å². The van der Waals surface area contributed by atoms with Crippen LogP contribution in [-0.2, 0) is 0 Å². The average molecular weight is 143 g/mol. The second-order valence-electron chi connectivity index (χ2n) is 3.28. The van der Waals surface area contributed by atoms with Gasteiger partial charge in [-0.2, -0.15) is 5.53 Å². The molecule has 2 unspecified atom stereocenters. The fourth-order valence-corrected chi connectivity index (χ4v) is 1.66. The van der Waals surface area contributed by atoms with Gasteiger partial charge in [-0.1, -0.05) is 20.3 Å². The van der Waals surface area contributed by atoms with E-state index in [0.29, 0.717) is 5.54 Å². The fraction of sp³-hybridized carbons (Fsp3) is 1.00. The Balaban J connectivity index is 2.31. The van der Waals surface area contributed by atoms with Crippen molar-refractivity contribution in [2.75, 3.05) is 0 Å². The van der Waals surface area contributed by atoms with E-state index in [0.717, 1.165) is 5.92 Å². The highest BCUT2D eigenvalue weighted by Gasteiger charge is 2.49. The van der Waals surface area contributed by atoms with Crippen LogP contribution in [0.2, 0.25) is 0 Å². The molecule has 0 spiro atoms. The molecule has 0 aromatic carbocycles.